The number of amides is 1. The van der Waals surface area contributed by atoms with E-state index in [2.05, 4.69) is 17.1 Å². The molecule has 1 N–H and O–H groups in total. The van der Waals surface area contributed by atoms with E-state index < -0.39 is 0 Å². The van der Waals surface area contributed by atoms with Crippen LogP contribution in [0.2, 0.25) is 5.02 Å². The molecule has 0 aromatic heterocycles. The predicted molar refractivity (Wildman–Crippen MR) is 87.9 cm³/mol. The first kappa shape index (κ1) is 16.6. The maximum atomic E-state index is 12.7. The Morgan fingerprint density at radius 3 is 2.57 bits per heavy atom. The van der Waals surface area contributed by atoms with E-state index in [1.807, 2.05) is 24.3 Å². The highest BCUT2D eigenvalue weighted by atomic mass is 35.5. The molecule has 0 bridgehead atoms. The topological polar surface area (TPSA) is 32.3 Å². The Hall–Kier alpha value is -0.770. The molecule has 2 aliphatic heterocycles. The number of hydrogen-bond donors (Lipinski definition) is 1. The number of nitrogens with zero attached hydrogens (tertiary/aromatic N) is 1. The number of benzene rings is 1. The lowest BCUT2D eigenvalue weighted by Crippen LogP contribution is -2.50. The lowest BCUT2D eigenvalue weighted by atomic mass is 9.87. The lowest BCUT2D eigenvalue weighted by molar-refractivity contribution is -0.138. The number of rotatable bonds is 3. The fraction of sp³-hybridized carbons (Fsp3) is 0.562. The third-order valence-corrected chi connectivity index (χ3v) is 4.95. The molecule has 2 fully saturated rings. The number of likely N-dealkylation sites (tertiary alicyclic amines) is 1. The van der Waals surface area contributed by atoms with E-state index in [1.54, 1.807) is 0 Å². The Morgan fingerprint density at radius 2 is 2.00 bits per heavy atom. The van der Waals surface area contributed by atoms with E-state index in [-0.39, 0.29) is 24.4 Å². The molecule has 21 heavy (non-hydrogen) atoms. The van der Waals surface area contributed by atoms with Crippen molar-refractivity contribution in [3.05, 3.63) is 34.9 Å². The molecule has 1 amide bonds. The van der Waals surface area contributed by atoms with Crippen molar-refractivity contribution in [3.8, 4) is 0 Å². The van der Waals surface area contributed by atoms with Crippen molar-refractivity contribution in [1.29, 1.82) is 0 Å². The number of carbonyl (C=O) groups is 1. The molecule has 2 unspecified atom stereocenters. The van der Waals surface area contributed by atoms with Crippen molar-refractivity contribution < 1.29 is 4.79 Å². The average molecular weight is 329 g/mol. The van der Waals surface area contributed by atoms with Gasteiger partial charge >= 0.3 is 0 Å². The quantitative estimate of drug-likeness (QED) is 0.923. The van der Waals surface area contributed by atoms with Gasteiger partial charge in [-0.05, 0) is 49.5 Å². The van der Waals surface area contributed by atoms with Crippen molar-refractivity contribution in [3.63, 3.8) is 0 Å². The molecule has 2 heterocycles. The van der Waals surface area contributed by atoms with Crippen molar-refractivity contribution in [1.82, 2.24) is 10.2 Å². The van der Waals surface area contributed by atoms with E-state index in [1.165, 1.54) is 5.56 Å². The molecule has 116 valence electrons. The third-order valence-electron chi connectivity index (χ3n) is 4.70. The second-order valence-electron chi connectivity index (χ2n) is 5.95. The van der Waals surface area contributed by atoms with E-state index in [0.717, 1.165) is 37.5 Å². The SMILES string of the molecule is CC(C(=O)N1CCCC1c1ccc(Cl)cc1)C1CNC1.Cl. The molecule has 1 aromatic carbocycles. The van der Waals surface area contributed by atoms with Crippen LogP contribution in [0, 0.1) is 11.8 Å². The first-order valence-electron chi connectivity index (χ1n) is 7.43. The van der Waals surface area contributed by atoms with Crippen molar-refractivity contribution in [2.75, 3.05) is 19.6 Å². The summed E-state index contributed by atoms with van der Waals surface area (Å²) in [7, 11) is 0. The standard InChI is InChI=1S/C16H21ClN2O.ClH/c1-11(13-9-18-10-13)16(20)19-8-2-3-15(19)12-4-6-14(17)7-5-12;/h4-7,11,13,15,18H,2-3,8-10H2,1H3;1H. The fourth-order valence-corrected chi connectivity index (χ4v) is 3.32. The minimum absolute atomic E-state index is 0. The summed E-state index contributed by atoms with van der Waals surface area (Å²) in [6.07, 6.45) is 2.15. The van der Waals surface area contributed by atoms with Crippen LogP contribution >= 0.6 is 24.0 Å². The van der Waals surface area contributed by atoms with Crippen molar-refractivity contribution in [2.24, 2.45) is 11.8 Å². The maximum Gasteiger partial charge on any atom is 0.226 e. The van der Waals surface area contributed by atoms with Gasteiger partial charge in [-0.25, -0.2) is 0 Å². The van der Waals surface area contributed by atoms with Gasteiger partial charge in [-0.2, -0.15) is 0 Å². The second kappa shape index (κ2) is 6.99. The number of halogens is 2. The molecule has 3 rings (SSSR count). The second-order valence-corrected chi connectivity index (χ2v) is 6.38. The first-order valence-corrected chi connectivity index (χ1v) is 7.81. The molecule has 3 nitrogen and oxygen atoms in total. The van der Waals surface area contributed by atoms with Gasteiger partial charge in [0.2, 0.25) is 5.91 Å². The van der Waals surface area contributed by atoms with Crippen LogP contribution < -0.4 is 5.32 Å². The lowest BCUT2D eigenvalue weighted by Gasteiger charge is -2.35. The summed E-state index contributed by atoms with van der Waals surface area (Å²) in [6.45, 7) is 4.92. The monoisotopic (exact) mass is 328 g/mol. The van der Waals surface area contributed by atoms with Crippen LogP contribution in [0.25, 0.3) is 0 Å². The summed E-state index contributed by atoms with van der Waals surface area (Å²) in [5.41, 5.74) is 1.21. The van der Waals surface area contributed by atoms with E-state index in [9.17, 15) is 4.79 Å². The smallest absolute Gasteiger partial charge is 0.226 e. The molecule has 2 aliphatic rings. The first-order chi connectivity index (χ1) is 9.66. The average Bonchev–Trinajstić information content (AvgIpc) is 2.85. The maximum absolute atomic E-state index is 12.7. The molecule has 0 aliphatic carbocycles. The van der Waals surface area contributed by atoms with Crippen LogP contribution in [0.3, 0.4) is 0 Å². The minimum atomic E-state index is 0. The summed E-state index contributed by atoms with van der Waals surface area (Å²) in [4.78, 5) is 14.8. The third kappa shape index (κ3) is 3.36. The van der Waals surface area contributed by atoms with E-state index in [0.29, 0.717) is 11.8 Å². The molecule has 1 aromatic rings. The zero-order valence-corrected chi connectivity index (χ0v) is 13.8. The van der Waals surface area contributed by atoms with Gasteiger partial charge in [-0.15, -0.1) is 12.4 Å². The molecular formula is C16H22Cl2N2O. The van der Waals surface area contributed by atoms with Crippen LogP contribution in [0.4, 0.5) is 0 Å². The van der Waals surface area contributed by atoms with Gasteiger partial charge in [-0.3, -0.25) is 4.79 Å². The van der Waals surface area contributed by atoms with Gasteiger partial charge in [0.25, 0.3) is 0 Å². The van der Waals surface area contributed by atoms with Gasteiger partial charge in [0.15, 0.2) is 0 Å². The molecule has 0 spiro atoms. The van der Waals surface area contributed by atoms with Gasteiger partial charge in [0, 0.05) is 17.5 Å². The van der Waals surface area contributed by atoms with Gasteiger partial charge < -0.3 is 10.2 Å². The van der Waals surface area contributed by atoms with Crippen LogP contribution in [-0.2, 0) is 4.79 Å². The fourth-order valence-electron chi connectivity index (χ4n) is 3.19. The zero-order valence-electron chi connectivity index (χ0n) is 12.2. The Balaban J connectivity index is 0.00000161. The number of carbonyl (C=O) groups excluding carboxylic acids is 1. The van der Waals surface area contributed by atoms with Crippen LogP contribution in [0.1, 0.15) is 31.4 Å². The molecule has 2 atom stereocenters. The van der Waals surface area contributed by atoms with Crippen molar-refractivity contribution in [2.45, 2.75) is 25.8 Å². The Morgan fingerprint density at radius 1 is 1.33 bits per heavy atom. The Kier molecular flexibility index (Phi) is 5.53. The van der Waals surface area contributed by atoms with Crippen LogP contribution in [0.15, 0.2) is 24.3 Å². The van der Waals surface area contributed by atoms with Gasteiger partial charge in [-0.1, -0.05) is 30.7 Å². The molecule has 0 saturated carbocycles. The Labute approximate surface area is 137 Å². The summed E-state index contributed by atoms with van der Waals surface area (Å²) >= 11 is 5.95. The Bertz CT molecular complexity index is 488. The zero-order chi connectivity index (χ0) is 14.1. The van der Waals surface area contributed by atoms with E-state index in [4.69, 9.17) is 11.6 Å². The minimum Gasteiger partial charge on any atom is -0.335 e. The van der Waals surface area contributed by atoms with Crippen LogP contribution in [0.5, 0.6) is 0 Å². The highest BCUT2D eigenvalue weighted by molar-refractivity contribution is 6.30. The van der Waals surface area contributed by atoms with Gasteiger partial charge in [0.05, 0.1) is 6.04 Å². The van der Waals surface area contributed by atoms with Crippen LogP contribution in [-0.4, -0.2) is 30.4 Å². The number of hydrogen-bond acceptors (Lipinski definition) is 2. The molecule has 2 saturated heterocycles. The predicted octanol–water partition coefficient (Wildman–Crippen LogP) is 3.28. The largest absolute Gasteiger partial charge is 0.335 e. The molecule has 5 heteroatoms. The van der Waals surface area contributed by atoms with Gasteiger partial charge in [0.1, 0.15) is 0 Å². The number of nitrogens with one attached hydrogen (secondary N) is 1. The van der Waals surface area contributed by atoms with E-state index >= 15 is 0 Å². The summed E-state index contributed by atoms with van der Waals surface area (Å²) in [5.74, 6) is 0.951. The molecular weight excluding hydrogens is 307 g/mol. The normalized spacial score (nSPS) is 23.3. The molecule has 0 radical (unpaired) electrons. The summed E-state index contributed by atoms with van der Waals surface area (Å²) in [5, 5.41) is 4.00. The summed E-state index contributed by atoms with van der Waals surface area (Å²) < 4.78 is 0. The summed E-state index contributed by atoms with van der Waals surface area (Å²) in [6, 6.07) is 8.16. The highest BCUT2D eigenvalue weighted by Crippen LogP contribution is 2.34. The van der Waals surface area contributed by atoms with Crippen molar-refractivity contribution >= 4 is 29.9 Å². The highest BCUT2D eigenvalue weighted by Gasteiger charge is 2.36.